The van der Waals surface area contributed by atoms with E-state index in [-0.39, 0.29) is 24.2 Å². The molecule has 0 aliphatic rings. The van der Waals surface area contributed by atoms with E-state index < -0.39 is 16.8 Å². The summed E-state index contributed by atoms with van der Waals surface area (Å²) in [4.78, 5) is 32.4. The van der Waals surface area contributed by atoms with Gasteiger partial charge in [0.15, 0.2) is 0 Å². The first-order chi connectivity index (χ1) is 8.82. The molecular weight excluding hydrogens is 252 g/mol. The van der Waals surface area contributed by atoms with Gasteiger partial charge in [0.05, 0.1) is 11.3 Å². The Morgan fingerprint density at radius 1 is 1.32 bits per heavy atom. The van der Waals surface area contributed by atoms with E-state index in [1.54, 1.807) is 19.9 Å². The number of hydrogen-bond donors (Lipinski definition) is 2. The highest BCUT2D eigenvalue weighted by Crippen LogP contribution is 2.22. The molecule has 1 aromatic rings. The maximum atomic E-state index is 11.8. The Kier molecular flexibility index (Phi) is 4.57. The van der Waals surface area contributed by atoms with Crippen molar-refractivity contribution in [2.24, 2.45) is 0 Å². The van der Waals surface area contributed by atoms with E-state index in [1.165, 1.54) is 6.07 Å². The van der Waals surface area contributed by atoms with E-state index in [2.05, 4.69) is 5.32 Å². The molecule has 102 valence electrons. The smallest absolute Gasteiger partial charge is 0.305 e. The van der Waals surface area contributed by atoms with Gasteiger partial charge in [-0.2, -0.15) is 0 Å². The molecule has 0 bridgehead atoms. The summed E-state index contributed by atoms with van der Waals surface area (Å²) in [7, 11) is 0. The average Bonchev–Trinajstić information content (AvgIpc) is 2.27. The lowest BCUT2D eigenvalue weighted by atomic mass is 10.0. The molecule has 19 heavy (non-hydrogen) atoms. The summed E-state index contributed by atoms with van der Waals surface area (Å²) in [6.07, 6.45) is -0.196. The van der Waals surface area contributed by atoms with Crippen LogP contribution in [0.15, 0.2) is 12.1 Å². The number of aryl methyl sites for hydroxylation is 2. The average molecular weight is 266 g/mol. The molecule has 0 aliphatic heterocycles. The van der Waals surface area contributed by atoms with Gasteiger partial charge < -0.3 is 10.4 Å². The van der Waals surface area contributed by atoms with Crippen molar-refractivity contribution in [1.29, 1.82) is 0 Å². The Bertz CT molecular complexity index is 539. The maximum absolute atomic E-state index is 11.8. The normalized spacial score (nSPS) is 10.0. The number of carboxylic acids is 1. The number of carboxylic acid groups (broad SMARTS) is 1. The summed E-state index contributed by atoms with van der Waals surface area (Å²) < 4.78 is 0. The van der Waals surface area contributed by atoms with Crippen LogP contribution in [0.4, 0.5) is 5.69 Å². The highest BCUT2D eigenvalue weighted by atomic mass is 16.6. The lowest BCUT2D eigenvalue weighted by Crippen LogP contribution is -2.26. The van der Waals surface area contributed by atoms with Gasteiger partial charge in [0.2, 0.25) is 0 Å². The fourth-order valence-electron chi connectivity index (χ4n) is 1.66. The number of nitro groups is 1. The minimum Gasteiger partial charge on any atom is -0.481 e. The van der Waals surface area contributed by atoms with Crippen LogP contribution in [0.25, 0.3) is 0 Å². The second kappa shape index (κ2) is 5.94. The highest BCUT2D eigenvalue weighted by Gasteiger charge is 2.17. The molecular formula is C12H14N2O5. The van der Waals surface area contributed by atoms with Gasteiger partial charge in [-0.1, -0.05) is 0 Å². The van der Waals surface area contributed by atoms with Crippen molar-refractivity contribution in [1.82, 2.24) is 5.32 Å². The molecule has 0 aromatic heterocycles. The number of aliphatic carboxylic acids is 1. The zero-order valence-corrected chi connectivity index (χ0v) is 10.6. The van der Waals surface area contributed by atoms with Gasteiger partial charge in [0, 0.05) is 23.7 Å². The Balaban J connectivity index is 2.93. The number of benzene rings is 1. The third kappa shape index (κ3) is 3.77. The topological polar surface area (TPSA) is 110 Å². The second-order valence-electron chi connectivity index (χ2n) is 4.11. The largest absolute Gasteiger partial charge is 0.481 e. The van der Waals surface area contributed by atoms with Gasteiger partial charge in [-0.25, -0.2) is 0 Å². The summed E-state index contributed by atoms with van der Waals surface area (Å²) in [6.45, 7) is 3.25. The first kappa shape index (κ1) is 14.6. The van der Waals surface area contributed by atoms with Gasteiger partial charge >= 0.3 is 5.97 Å². The Morgan fingerprint density at radius 3 is 2.47 bits per heavy atom. The predicted molar refractivity (Wildman–Crippen MR) is 67.2 cm³/mol. The molecule has 0 radical (unpaired) electrons. The number of nitrogens with zero attached hydrogens (tertiary/aromatic N) is 1. The van der Waals surface area contributed by atoms with Gasteiger partial charge in [0.25, 0.3) is 11.6 Å². The molecule has 2 N–H and O–H groups in total. The van der Waals surface area contributed by atoms with Gasteiger partial charge in [0.1, 0.15) is 0 Å². The monoisotopic (exact) mass is 266 g/mol. The first-order valence-electron chi connectivity index (χ1n) is 5.58. The van der Waals surface area contributed by atoms with E-state index in [0.717, 1.165) is 0 Å². The second-order valence-corrected chi connectivity index (χ2v) is 4.11. The van der Waals surface area contributed by atoms with Crippen molar-refractivity contribution in [2.75, 3.05) is 6.54 Å². The van der Waals surface area contributed by atoms with E-state index in [1.807, 2.05) is 0 Å². The number of nitro benzene ring substituents is 1. The fraction of sp³-hybridized carbons (Fsp3) is 0.333. The molecule has 1 amide bonds. The highest BCUT2D eigenvalue weighted by molar-refractivity contribution is 5.96. The molecule has 0 aliphatic carbocycles. The van der Waals surface area contributed by atoms with Crippen LogP contribution in [0, 0.1) is 24.0 Å². The minimum absolute atomic E-state index is 0.0186. The fourth-order valence-corrected chi connectivity index (χ4v) is 1.66. The van der Waals surface area contributed by atoms with Crippen molar-refractivity contribution in [3.05, 3.63) is 38.9 Å². The molecule has 0 heterocycles. The Hall–Kier alpha value is -2.44. The molecule has 1 aromatic carbocycles. The first-order valence-corrected chi connectivity index (χ1v) is 5.58. The van der Waals surface area contributed by atoms with Crippen LogP contribution in [-0.4, -0.2) is 28.5 Å². The van der Waals surface area contributed by atoms with Crippen LogP contribution in [0.1, 0.15) is 27.9 Å². The third-order valence-electron chi connectivity index (χ3n) is 2.61. The number of hydrogen-bond acceptors (Lipinski definition) is 4. The summed E-state index contributed by atoms with van der Waals surface area (Å²) in [5, 5.41) is 21.7. The van der Waals surface area contributed by atoms with Crippen LogP contribution < -0.4 is 5.32 Å². The summed E-state index contributed by atoms with van der Waals surface area (Å²) in [5.41, 5.74) is 1.14. The molecule has 7 nitrogen and oxygen atoms in total. The van der Waals surface area contributed by atoms with E-state index in [4.69, 9.17) is 5.11 Å². The molecule has 0 saturated heterocycles. The van der Waals surface area contributed by atoms with Gasteiger partial charge in [-0.3, -0.25) is 19.7 Å². The number of rotatable bonds is 5. The quantitative estimate of drug-likeness (QED) is 0.618. The Labute approximate surface area is 109 Å². The number of carbonyl (C=O) groups is 2. The molecule has 0 saturated carbocycles. The van der Waals surface area contributed by atoms with Crippen LogP contribution in [0.2, 0.25) is 0 Å². The van der Waals surface area contributed by atoms with Crippen molar-refractivity contribution < 1.29 is 19.6 Å². The molecule has 1 rings (SSSR count). The number of carbonyl (C=O) groups excluding carboxylic acids is 1. The van der Waals surface area contributed by atoms with Crippen molar-refractivity contribution in [3.63, 3.8) is 0 Å². The lowest BCUT2D eigenvalue weighted by Gasteiger charge is -2.08. The molecule has 0 atom stereocenters. The predicted octanol–water partition coefficient (Wildman–Crippen LogP) is 1.42. The molecule has 0 unspecified atom stereocenters. The maximum Gasteiger partial charge on any atom is 0.305 e. The summed E-state index contributed by atoms with van der Waals surface area (Å²) in [5.74, 6) is -1.53. The van der Waals surface area contributed by atoms with Crippen LogP contribution in [0.3, 0.4) is 0 Å². The molecule has 0 fully saturated rings. The zero-order chi connectivity index (χ0) is 14.6. The molecule has 7 heteroatoms. The van der Waals surface area contributed by atoms with E-state index >= 15 is 0 Å². The van der Waals surface area contributed by atoms with Crippen LogP contribution >= 0.6 is 0 Å². The lowest BCUT2D eigenvalue weighted by molar-refractivity contribution is -0.385. The van der Waals surface area contributed by atoms with Crippen molar-refractivity contribution in [2.45, 2.75) is 20.3 Å². The van der Waals surface area contributed by atoms with Gasteiger partial charge in [-0.15, -0.1) is 0 Å². The number of amides is 1. The summed E-state index contributed by atoms with van der Waals surface area (Å²) in [6, 6.07) is 2.77. The van der Waals surface area contributed by atoms with E-state index in [0.29, 0.717) is 11.1 Å². The van der Waals surface area contributed by atoms with Crippen LogP contribution in [0.5, 0.6) is 0 Å². The standard InChI is InChI=1S/C12H14N2O5/c1-7-5-8(2)10(14(18)19)6-9(7)12(17)13-4-3-11(15)16/h5-6H,3-4H2,1-2H3,(H,13,17)(H,15,16). The summed E-state index contributed by atoms with van der Waals surface area (Å²) >= 11 is 0. The minimum atomic E-state index is -1.02. The van der Waals surface area contributed by atoms with Crippen LogP contribution in [-0.2, 0) is 4.79 Å². The molecule has 0 spiro atoms. The zero-order valence-electron chi connectivity index (χ0n) is 10.6. The SMILES string of the molecule is Cc1cc(C)c([N+](=O)[O-])cc1C(=O)NCCC(=O)O. The van der Waals surface area contributed by atoms with Gasteiger partial charge in [-0.05, 0) is 25.5 Å². The number of nitrogens with one attached hydrogen (secondary N) is 1. The van der Waals surface area contributed by atoms with Crippen molar-refractivity contribution in [3.8, 4) is 0 Å². The van der Waals surface area contributed by atoms with Crippen molar-refractivity contribution >= 4 is 17.6 Å². The third-order valence-corrected chi connectivity index (χ3v) is 2.61. The Morgan fingerprint density at radius 2 is 1.95 bits per heavy atom. The van der Waals surface area contributed by atoms with E-state index in [9.17, 15) is 19.7 Å².